The Morgan fingerprint density at radius 2 is 1.90 bits per heavy atom. The first-order valence-electron chi connectivity index (χ1n) is 4.22. The van der Waals surface area contributed by atoms with Crippen molar-refractivity contribution in [2.24, 2.45) is 17.3 Å². The fourth-order valence-corrected chi connectivity index (χ4v) is 1.68. The maximum absolute atomic E-state index is 2.36. The van der Waals surface area contributed by atoms with Gasteiger partial charge in [0, 0.05) is 0 Å². The van der Waals surface area contributed by atoms with Gasteiger partial charge < -0.3 is 0 Å². The molecule has 58 valence electrons. The summed E-state index contributed by atoms with van der Waals surface area (Å²) in [7, 11) is 0. The van der Waals surface area contributed by atoms with Gasteiger partial charge in [0.1, 0.15) is 0 Å². The van der Waals surface area contributed by atoms with Crippen LogP contribution in [0.2, 0.25) is 0 Å². The summed E-state index contributed by atoms with van der Waals surface area (Å²) in [4.78, 5) is 0. The first-order valence-corrected chi connectivity index (χ1v) is 4.22. The van der Waals surface area contributed by atoms with Gasteiger partial charge in [0.25, 0.3) is 0 Å². The molecule has 0 aromatic carbocycles. The molecular weight excluding hydrogens is 120 g/mol. The fourth-order valence-electron chi connectivity index (χ4n) is 1.68. The minimum Gasteiger partial charge on any atom is -0.0877 e. The monoisotopic (exact) mass is 138 g/mol. The second-order valence-electron chi connectivity index (χ2n) is 4.23. The molecule has 0 heterocycles. The summed E-state index contributed by atoms with van der Waals surface area (Å²) >= 11 is 0. The van der Waals surface area contributed by atoms with Gasteiger partial charge >= 0.3 is 0 Å². The van der Waals surface area contributed by atoms with E-state index in [2.05, 4.69) is 39.8 Å². The predicted octanol–water partition coefficient (Wildman–Crippen LogP) is 3.24. The lowest BCUT2D eigenvalue weighted by molar-refractivity contribution is 0.207. The van der Waals surface area contributed by atoms with Crippen molar-refractivity contribution in [2.45, 2.75) is 34.1 Å². The highest BCUT2D eigenvalue weighted by molar-refractivity contribution is 5.03. The van der Waals surface area contributed by atoms with Crippen LogP contribution in [0.1, 0.15) is 34.1 Å². The maximum atomic E-state index is 2.36. The van der Waals surface area contributed by atoms with Gasteiger partial charge in [-0.3, -0.25) is 0 Å². The zero-order valence-electron chi connectivity index (χ0n) is 7.52. The van der Waals surface area contributed by atoms with Crippen molar-refractivity contribution in [3.63, 3.8) is 0 Å². The average Bonchev–Trinajstić information content (AvgIpc) is 1.83. The minimum atomic E-state index is 0.428. The molecule has 0 radical (unpaired) electrons. The van der Waals surface area contributed by atoms with Gasteiger partial charge in [-0.05, 0) is 23.7 Å². The van der Waals surface area contributed by atoms with E-state index in [1.54, 1.807) is 0 Å². The van der Waals surface area contributed by atoms with Crippen molar-refractivity contribution in [2.75, 3.05) is 0 Å². The van der Waals surface area contributed by atoms with E-state index < -0.39 is 0 Å². The summed E-state index contributed by atoms with van der Waals surface area (Å²) in [5.74, 6) is 1.69. The maximum Gasteiger partial charge on any atom is -0.0147 e. The Bertz CT molecular complexity index is 142. The molecule has 1 aliphatic carbocycles. The Hall–Kier alpha value is -0.260. The molecule has 0 bridgehead atoms. The zero-order valence-corrected chi connectivity index (χ0v) is 7.52. The van der Waals surface area contributed by atoms with Gasteiger partial charge in [-0.25, -0.2) is 0 Å². The molecule has 0 amide bonds. The van der Waals surface area contributed by atoms with E-state index in [9.17, 15) is 0 Å². The Morgan fingerprint density at radius 3 is 2.30 bits per heavy atom. The van der Waals surface area contributed by atoms with Gasteiger partial charge in [-0.1, -0.05) is 39.8 Å². The average molecular weight is 138 g/mol. The third-order valence-corrected chi connectivity index (χ3v) is 3.08. The van der Waals surface area contributed by atoms with E-state index in [4.69, 9.17) is 0 Å². The van der Waals surface area contributed by atoms with Crippen LogP contribution in [0.4, 0.5) is 0 Å². The predicted molar refractivity (Wildman–Crippen MR) is 45.9 cm³/mol. The Kier molecular flexibility index (Phi) is 1.89. The highest BCUT2D eigenvalue weighted by Gasteiger charge is 2.29. The van der Waals surface area contributed by atoms with Crippen LogP contribution >= 0.6 is 0 Å². The summed E-state index contributed by atoms with van der Waals surface area (Å²) in [5.41, 5.74) is 0.428. The van der Waals surface area contributed by atoms with Crippen LogP contribution in [0.5, 0.6) is 0 Å². The molecule has 1 aliphatic rings. The van der Waals surface area contributed by atoms with Crippen LogP contribution in [0.15, 0.2) is 12.2 Å². The number of hydrogen-bond donors (Lipinski definition) is 0. The van der Waals surface area contributed by atoms with Gasteiger partial charge in [0.05, 0.1) is 0 Å². The van der Waals surface area contributed by atoms with Crippen LogP contribution in [0, 0.1) is 17.3 Å². The highest BCUT2D eigenvalue weighted by Crippen LogP contribution is 2.38. The number of hydrogen-bond acceptors (Lipinski definition) is 0. The van der Waals surface area contributed by atoms with Crippen LogP contribution in [-0.2, 0) is 0 Å². The summed E-state index contributed by atoms with van der Waals surface area (Å²) < 4.78 is 0. The third kappa shape index (κ3) is 1.25. The molecule has 0 spiro atoms. The lowest BCUT2D eigenvalue weighted by Gasteiger charge is -2.36. The van der Waals surface area contributed by atoms with Crippen molar-refractivity contribution in [1.29, 1.82) is 0 Å². The first-order chi connectivity index (χ1) is 4.54. The van der Waals surface area contributed by atoms with E-state index in [0.717, 1.165) is 11.8 Å². The molecule has 0 aliphatic heterocycles. The quantitative estimate of drug-likeness (QED) is 0.451. The second-order valence-corrected chi connectivity index (χ2v) is 4.23. The van der Waals surface area contributed by atoms with Gasteiger partial charge in [0.15, 0.2) is 0 Å². The molecule has 10 heavy (non-hydrogen) atoms. The topological polar surface area (TPSA) is 0 Å². The van der Waals surface area contributed by atoms with Crippen molar-refractivity contribution in [1.82, 2.24) is 0 Å². The van der Waals surface area contributed by atoms with E-state index in [0.29, 0.717) is 5.41 Å². The van der Waals surface area contributed by atoms with E-state index in [-0.39, 0.29) is 0 Å². The van der Waals surface area contributed by atoms with E-state index in [1.165, 1.54) is 6.42 Å². The summed E-state index contributed by atoms with van der Waals surface area (Å²) in [6.45, 7) is 9.34. The molecule has 0 aromatic heterocycles. The standard InChI is InChI=1S/C10H18/c1-8-6-5-7-10(3,4)9(8)2/h5,7-9H,6H2,1-4H3. The molecular formula is C10H18. The van der Waals surface area contributed by atoms with Gasteiger partial charge in [-0.2, -0.15) is 0 Å². The molecule has 0 aromatic rings. The van der Waals surface area contributed by atoms with Crippen LogP contribution in [0.3, 0.4) is 0 Å². The smallest absolute Gasteiger partial charge is 0.0147 e. The van der Waals surface area contributed by atoms with Crippen molar-refractivity contribution in [3.8, 4) is 0 Å². The molecule has 2 unspecified atom stereocenters. The van der Waals surface area contributed by atoms with Gasteiger partial charge in [-0.15, -0.1) is 0 Å². The lowest BCUT2D eigenvalue weighted by atomic mass is 9.69. The molecule has 2 atom stereocenters. The summed E-state index contributed by atoms with van der Waals surface area (Å²) in [5, 5.41) is 0. The Labute approximate surface area is 64.3 Å². The van der Waals surface area contributed by atoms with Crippen LogP contribution in [-0.4, -0.2) is 0 Å². The largest absolute Gasteiger partial charge is 0.0877 e. The summed E-state index contributed by atoms with van der Waals surface area (Å²) in [6.07, 6.45) is 5.95. The SMILES string of the molecule is CC1CC=CC(C)(C)C1C. The van der Waals surface area contributed by atoms with E-state index in [1.807, 2.05) is 0 Å². The molecule has 0 saturated carbocycles. The first kappa shape index (κ1) is 7.84. The lowest BCUT2D eigenvalue weighted by Crippen LogP contribution is -2.27. The van der Waals surface area contributed by atoms with Crippen LogP contribution < -0.4 is 0 Å². The molecule has 0 saturated heterocycles. The second kappa shape index (κ2) is 2.41. The molecule has 0 fully saturated rings. The number of rotatable bonds is 0. The highest BCUT2D eigenvalue weighted by atomic mass is 14.3. The normalized spacial score (nSPS) is 38.0. The van der Waals surface area contributed by atoms with Crippen molar-refractivity contribution >= 4 is 0 Å². The zero-order chi connectivity index (χ0) is 7.78. The van der Waals surface area contributed by atoms with Crippen molar-refractivity contribution in [3.05, 3.63) is 12.2 Å². The van der Waals surface area contributed by atoms with E-state index >= 15 is 0 Å². The summed E-state index contributed by atoms with van der Waals surface area (Å²) in [6, 6.07) is 0. The van der Waals surface area contributed by atoms with Gasteiger partial charge in [0.2, 0.25) is 0 Å². The molecule has 0 heteroatoms. The number of allylic oxidation sites excluding steroid dienone is 2. The minimum absolute atomic E-state index is 0.428. The van der Waals surface area contributed by atoms with Crippen LogP contribution in [0.25, 0.3) is 0 Å². The molecule has 0 nitrogen and oxygen atoms in total. The Morgan fingerprint density at radius 1 is 1.30 bits per heavy atom. The van der Waals surface area contributed by atoms with Crippen molar-refractivity contribution < 1.29 is 0 Å². The third-order valence-electron chi connectivity index (χ3n) is 3.08. The molecule has 1 rings (SSSR count). The molecule has 0 N–H and O–H groups in total. The fraction of sp³-hybridized carbons (Fsp3) is 0.800. The Balaban J connectivity index is 2.77.